The Morgan fingerprint density at radius 1 is 0.496 bits per heavy atom. The van der Waals surface area contributed by atoms with E-state index < -0.39 is 44.8 Å². The third kappa shape index (κ3) is 23.4. The Bertz CT molecular complexity index is 6120. The Kier molecular flexibility index (Phi) is 34.8. The van der Waals surface area contributed by atoms with Crippen LogP contribution in [-0.4, -0.2) is 98.6 Å². The van der Waals surface area contributed by atoms with Crippen molar-refractivity contribution in [3.05, 3.63) is 319 Å². The Balaban J connectivity index is 0.000000211. The van der Waals surface area contributed by atoms with Gasteiger partial charge in [-0.3, -0.25) is 19.4 Å². The zero-order valence-corrected chi connectivity index (χ0v) is 72.4. The van der Waals surface area contributed by atoms with Gasteiger partial charge in [0.05, 0.1) is 65.0 Å². The molecular formula is C88H85BBrClF3N8NaO16S2. The van der Waals surface area contributed by atoms with Crippen LogP contribution in [0.1, 0.15) is 86.7 Å². The summed E-state index contributed by atoms with van der Waals surface area (Å²) in [7, 11) is -9.63. The topological polar surface area (TPSA) is 383 Å². The molecule has 33 heteroatoms. The van der Waals surface area contributed by atoms with Crippen LogP contribution in [-0.2, 0) is 109 Å². The minimum Gasteiger partial charge on any atom is -0.870 e. The van der Waals surface area contributed by atoms with Gasteiger partial charge in [-0.15, -0.1) is 12.4 Å². The van der Waals surface area contributed by atoms with Crippen molar-refractivity contribution in [3.63, 3.8) is 0 Å². The maximum Gasteiger partial charge on any atom is 1.00 e. The van der Waals surface area contributed by atoms with Gasteiger partial charge in [-0.2, -0.15) is 0 Å². The van der Waals surface area contributed by atoms with E-state index in [0.29, 0.717) is 107 Å². The van der Waals surface area contributed by atoms with Gasteiger partial charge in [0, 0.05) is 109 Å². The summed E-state index contributed by atoms with van der Waals surface area (Å²) in [5.41, 5.74) is 27.1. The number of hydrogen-bond donors (Lipinski definition) is 6. The van der Waals surface area contributed by atoms with Gasteiger partial charge >= 0.3 is 54.6 Å². The molecule has 0 saturated heterocycles. The minimum absolute atomic E-state index is 0. The van der Waals surface area contributed by atoms with Crippen LogP contribution in [0.3, 0.4) is 0 Å². The summed E-state index contributed by atoms with van der Waals surface area (Å²) in [6.07, 6.45) is 7.53. The zero-order chi connectivity index (χ0) is 84.4. The fourth-order valence-corrected chi connectivity index (χ4v) is 16.0. The maximum atomic E-state index is 15.5. The van der Waals surface area contributed by atoms with E-state index in [1.807, 2.05) is 44.2 Å². The molecule has 5 heterocycles. The molecule has 10 N–H and O–H groups in total. The van der Waals surface area contributed by atoms with E-state index in [0.717, 1.165) is 31.9 Å². The van der Waals surface area contributed by atoms with E-state index in [9.17, 15) is 40.0 Å². The molecule has 0 radical (unpaired) electrons. The third-order valence-corrected chi connectivity index (χ3v) is 22.7. The fourth-order valence-electron chi connectivity index (χ4n) is 12.8. The predicted molar refractivity (Wildman–Crippen MR) is 456 cm³/mol. The molecule has 5 aromatic heterocycles. The number of aromatic nitrogens is 5. The summed E-state index contributed by atoms with van der Waals surface area (Å²) in [6.45, 7) is 8.18. The molecule has 14 rings (SSSR count). The van der Waals surface area contributed by atoms with Crippen molar-refractivity contribution in [2.24, 2.45) is 17.2 Å². The number of benzene rings is 8. The molecule has 0 spiro atoms. The summed E-state index contributed by atoms with van der Waals surface area (Å²) >= 11 is 3.52. The number of aliphatic carboxylic acids is 1. The Morgan fingerprint density at radius 3 is 1.33 bits per heavy atom. The van der Waals surface area contributed by atoms with E-state index in [1.54, 1.807) is 172 Å². The Morgan fingerprint density at radius 2 is 0.884 bits per heavy atom. The summed E-state index contributed by atoms with van der Waals surface area (Å²) < 4.78 is 129. The zero-order valence-electron chi connectivity index (χ0n) is 66.4. The van der Waals surface area contributed by atoms with Crippen molar-refractivity contribution < 1.29 is 118 Å². The van der Waals surface area contributed by atoms with Gasteiger partial charge in [-0.25, -0.2) is 47.9 Å². The number of aryl methyl sites for hydroxylation is 2. The van der Waals surface area contributed by atoms with Gasteiger partial charge in [0.15, 0.2) is 11.3 Å². The summed E-state index contributed by atoms with van der Waals surface area (Å²) in [5, 5.41) is 27.6. The molecule has 0 aliphatic heterocycles. The summed E-state index contributed by atoms with van der Waals surface area (Å²) in [6, 6.07) is 57.6. The van der Waals surface area contributed by atoms with E-state index in [1.165, 1.54) is 46.7 Å². The van der Waals surface area contributed by atoms with Crippen molar-refractivity contribution >= 4 is 107 Å². The van der Waals surface area contributed by atoms with Crippen LogP contribution >= 0.6 is 28.3 Å². The number of nitrogens with zero attached hydrogens (tertiary/aromatic N) is 5. The van der Waals surface area contributed by atoms with E-state index in [2.05, 4.69) is 30.9 Å². The number of nitrogens with two attached hydrogens (primary N) is 3. The van der Waals surface area contributed by atoms with Gasteiger partial charge in [0.2, 0.25) is 0 Å². The standard InChI is InChI=1S/C32H30FN3O5S.C25H23BrN2O5S.C24H21FN2O3.C7H9BFNO2.ClH.Na.H2O/c1-3-40-30(37)17-22-7-4-5-10-29(22)41-20-24-18-28(26-9-6-8-23(19-34)31(26)33)27-15-16-36(32(27)35-24)42(38,39)25-13-11-21(2)12-14-25;1-3-32-24(29)14-18-6-4-5-7-23(18)33-16-19-15-22(26)21-12-13-28(25(21)27-19)34(30,31)20-10-8-17(2)9-11-20;25-24-16(13-26)6-3-8-19(24)20-12-17(27-21-9-4-7-18(20)21)14-30-22-10-2-1-5-15(22)11-23(28)29;9-7-5(4-10)2-1-3-6(7)8(11)12;;;/h4-16,18H,3,17,19-20,34H2,1-2H3;4-13,15H,3,14,16H2,1-2H3;1-8,10,12H,9,11,13-14,26H2,(H,28,29);1-3,11-12H,4,10H2;1H;;1H2/q;;;;;+1;/p-1. The fraction of sp³-hybridized carbons (Fsp3) is 0.182. The quantitative estimate of drug-likeness (QED) is 0.0206. The molecule has 24 nitrogen and oxygen atoms in total. The van der Waals surface area contributed by atoms with Gasteiger partial charge in [-0.1, -0.05) is 157 Å². The van der Waals surface area contributed by atoms with Crippen molar-refractivity contribution in [1.82, 2.24) is 22.9 Å². The second-order valence-corrected chi connectivity index (χ2v) is 31.3. The number of hydrogen-bond acceptors (Lipinski definition) is 21. The molecule has 0 bridgehead atoms. The SMILES string of the molecule is CCOC(=O)Cc1ccccc1OCc1cc(-c2cccc(CN)c2F)c2ccn(S(=O)(=O)c3ccc(C)cc3)c2n1.CCOC(=O)Cc1ccccc1OCc1cc(Br)c2ccn(S(=O)(=O)c3ccc(C)cc3)c2n1.Cl.NCc1cccc(-c2cc(COc3ccccc3CC(=O)O)nc3c2C=CC3)c1F.NCc1cccc(B(O)O)c1F.[Na+].[OH-]. The van der Waals surface area contributed by atoms with Gasteiger partial charge < -0.3 is 61.5 Å². The Hall–Kier alpha value is -10.9. The maximum absolute atomic E-state index is 15.5. The summed E-state index contributed by atoms with van der Waals surface area (Å²) in [5.74, 6) is -1.62. The molecule has 121 heavy (non-hydrogen) atoms. The molecule has 0 fully saturated rings. The molecule has 624 valence electrons. The average Bonchev–Trinajstić information content (AvgIpc) is 1.62. The minimum atomic E-state index is -4.02. The van der Waals surface area contributed by atoms with Crippen molar-refractivity contribution in [1.29, 1.82) is 0 Å². The molecule has 0 unspecified atom stereocenters. The molecule has 0 atom stereocenters. The number of carboxylic acid groups (broad SMARTS) is 1. The largest absolute Gasteiger partial charge is 1.00 e. The molecule has 0 saturated carbocycles. The van der Waals surface area contributed by atoms with Gasteiger partial charge in [0.1, 0.15) is 54.5 Å². The Labute approximate surface area is 734 Å². The third-order valence-electron chi connectivity index (χ3n) is 18.7. The molecule has 0 amide bonds. The van der Waals surface area contributed by atoms with Crippen LogP contribution < -0.4 is 66.4 Å². The number of halogens is 5. The number of para-hydroxylation sites is 3. The number of carbonyl (C=O) groups is 3. The number of carbonyl (C=O) groups excluding carboxylic acids is 2. The number of esters is 2. The number of allylic oxidation sites excluding steroid dienone is 1. The molecule has 1 aliphatic rings. The van der Waals surface area contributed by atoms with Crippen LogP contribution in [0, 0.1) is 31.3 Å². The average molecular weight is 1780 g/mol. The smallest absolute Gasteiger partial charge is 0.870 e. The first-order chi connectivity index (χ1) is 56.7. The molecule has 13 aromatic rings. The van der Waals surface area contributed by atoms with Crippen LogP contribution in [0.2, 0.25) is 0 Å². The molecule has 8 aromatic carbocycles. The number of ether oxygens (including phenoxy) is 5. The predicted octanol–water partition coefficient (Wildman–Crippen LogP) is 10.9. The molecule has 1 aliphatic carbocycles. The first kappa shape index (κ1) is 95.6. The van der Waals surface area contributed by atoms with Crippen LogP contribution in [0.4, 0.5) is 13.2 Å². The van der Waals surface area contributed by atoms with E-state index in [4.69, 9.17) is 56.0 Å². The number of carboxylic acids is 1. The normalized spacial score (nSPS) is 11.2. The van der Waals surface area contributed by atoms with Gasteiger partial charge in [-0.05, 0) is 128 Å². The van der Waals surface area contributed by atoms with Crippen LogP contribution in [0.5, 0.6) is 17.2 Å². The number of fused-ring (bicyclic) bond motifs is 3. The van der Waals surface area contributed by atoms with Crippen LogP contribution in [0.15, 0.2) is 239 Å². The first-order valence-corrected chi connectivity index (χ1v) is 40.9. The monoisotopic (exact) mass is 1780 g/mol. The van der Waals surface area contributed by atoms with E-state index in [-0.39, 0.29) is 163 Å². The second kappa shape index (κ2) is 44.1. The van der Waals surface area contributed by atoms with Crippen LogP contribution in [0.25, 0.3) is 50.4 Å². The van der Waals surface area contributed by atoms with Crippen molar-refractivity contribution in [3.8, 4) is 39.5 Å². The van der Waals surface area contributed by atoms with Crippen molar-refractivity contribution in [2.75, 3.05) is 13.2 Å². The first-order valence-electron chi connectivity index (χ1n) is 37.2. The number of pyridine rings is 3. The summed E-state index contributed by atoms with van der Waals surface area (Å²) in [4.78, 5) is 49.3. The number of rotatable bonds is 27. The van der Waals surface area contributed by atoms with E-state index >= 15 is 4.39 Å². The second-order valence-electron chi connectivity index (χ2n) is 26.8. The molecular weight excluding hydrogens is 1700 g/mol. The van der Waals surface area contributed by atoms with Crippen molar-refractivity contribution in [2.45, 2.75) is 103 Å². The van der Waals surface area contributed by atoms with Gasteiger partial charge in [0.25, 0.3) is 20.0 Å².